The second kappa shape index (κ2) is 8.60. The molecule has 2 N–H and O–H groups in total. The van der Waals surface area contributed by atoms with Gasteiger partial charge >= 0.3 is 0 Å². The number of nitrogens with one attached hydrogen (secondary N) is 2. The van der Waals surface area contributed by atoms with Gasteiger partial charge in [0.15, 0.2) is 0 Å². The number of hydrogen-bond donors (Lipinski definition) is 2. The lowest BCUT2D eigenvalue weighted by atomic mass is 10.1. The van der Waals surface area contributed by atoms with Crippen LogP contribution >= 0.6 is 0 Å². The van der Waals surface area contributed by atoms with Crippen molar-refractivity contribution in [3.63, 3.8) is 0 Å². The maximum Gasteiger partial charge on any atom is 0.251 e. The van der Waals surface area contributed by atoms with Gasteiger partial charge in [0.2, 0.25) is 10.0 Å². The van der Waals surface area contributed by atoms with Crippen LogP contribution < -0.4 is 10.6 Å². The number of benzene rings is 1. The van der Waals surface area contributed by atoms with Crippen LogP contribution in [-0.4, -0.2) is 51.4 Å². The smallest absolute Gasteiger partial charge is 0.251 e. The molecule has 24 heavy (non-hydrogen) atoms. The zero-order valence-corrected chi connectivity index (χ0v) is 15.2. The summed E-state index contributed by atoms with van der Waals surface area (Å²) in [6.07, 6.45) is 2.09. The highest BCUT2D eigenvalue weighted by Crippen LogP contribution is 2.17. The summed E-state index contributed by atoms with van der Waals surface area (Å²) in [6, 6.07) is 6.26. The molecule has 134 valence electrons. The number of sulfonamides is 1. The van der Waals surface area contributed by atoms with Crippen LogP contribution in [0.5, 0.6) is 0 Å². The first-order valence-electron chi connectivity index (χ1n) is 8.58. The van der Waals surface area contributed by atoms with Gasteiger partial charge in [-0.2, -0.15) is 4.31 Å². The molecule has 1 aromatic carbocycles. The maximum absolute atomic E-state index is 12.5. The summed E-state index contributed by atoms with van der Waals surface area (Å²) in [4.78, 5) is 12.4. The summed E-state index contributed by atoms with van der Waals surface area (Å²) < 4.78 is 26.5. The van der Waals surface area contributed by atoms with Crippen molar-refractivity contribution in [2.24, 2.45) is 5.92 Å². The molecule has 1 heterocycles. The number of amides is 1. The molecule has 0 saturated carbocycles. The molecule has 0 aromatic heterocycles. The molecule has 7 heteroatoms. The van der Waals surface area contributed by atoms with Crippen LogP contribution in [-0.2, 0) is 10.0 Å². The number of nitrogens with zero attached hydrogens (tertiary/aromatic N) is 1. The molecule has 0 bridgehead atoms. The van der Waals surface area contributed by atoms with Crippen molar-refractivity contribution in [2.75, 3.05) is 32.7 Å². The molecule has 0 aliphatic carbocycles. The van der Waals surface area contributed by atoms with E-state index in [1.807, 2.05) is 0 Å². The predicted octanol–water partition coefficient (Wildman–Crippen LogP) is 1.45. The Balaban J connectivity index is 2.02. The van der Waals surface area contributed by atoms with Crippen molar-refractivity contribution >= 4 is 15.9 Å². The molecule has 0 radical (unpaired) electrons. The summed E-state index contributed by atoms with van der Waals surface area (Å²) in [5, 5.41) is 6.19. The average molecular weight is 353 g/mol. The fourth-order valence-electron chi connectivity index (χ4n) is 2.96. The van der Waals surface area contributed by atoms with E-state index in [4.69, 9.17) is 0 Å². The molecule has 1 atom stereocenters. The fourth-order valence-corrected chi connectivity index (χ4v) is 4.47. The van der Waals surface area contributed by atoms with Crippen LogP contribution in [0.4, 0.5) is 0 Å². The third-order valence-corrected chi connectivity index (χ3v) is 6.49. The van der Waals surface area contributed by atoms with Gasteiger partial charge in [-0.05, 0) is 50.0 Å². The monoisotopic (exact) mass is 353 g/mol. The quantitative estimate of drug-likeness (QED) is 0.741. The van der Waals surface area contributed by atoms with Crippen molar-refractivity contribution in [1.82, 2.24) is 14.9 Å². The van der Waals surface area contributed by atoms with Gasteiger partial charge in [0.05, 0.1) is 4.90 Å². The molecule has 1 fully saturated rings. The van der Waals surface area contributed by atoms with E-state index in [-0.39, 0.29) is 10.8 Å². The van der Waals surface area contributed by atoms with Crippen molar-refractivity contribution in [3.8, 4) is 0 Å². The Labute approximate surface area is 144 Å². The van der Waals surface area contributed by atoms with Crippen molar-refractivity contribution in [3.05, 3.63) is 29.8 Å². The normalized spacial score (nSPS) is 18.0. The first-order chi connectivity index (χ1) is 11.5. The Hall–Kier alpha value is -1.44. The lowest BCUT2D eigenvalue weighted by Crippen LogP contribution is -2.31. The third kappa shape index (κ3) is 4.55. The standard InChI is InChI=1S/C17H27N3O3S/c1-3-20(4-2)24(22,23)16-7-5-6-15(12-16)17(21)19-11-9-14-8-10-18-13-14/h5-7,12,14,18H,3-4,8-11,13H2,1-2H3,(H,19,21). The van der Waals surface area contributed by atoms with E-state index in [1.165, 1.54) is 16.4 Å². The van der Waals surface area contributed by atoms with Crippen molar-refractivity contribution in [2.45, 2.75) is 31.6 Å². The van der Waals surface area contributed by atoms with Gasteiger partial charge < -0.3 is 10.6 Å². The second-order valence-electron chi connectivity index (χ2n) is 6.02. The Kier molecular flexibility index (Phi) is 6.77. The number of carbonyl (C=O) groups is 1. The first-order valence-corrected chi connectivity index (χ1v) is 10.0. The van der Waals surface area contributed by atoms with Gasteiger partial charge in [-0.3, -0.25) is 4.79 Å². The summed E-state index contributed by atoms with van der Waals surface area (Å²) in [6.45, 7) is 7.08. The average Bonchev–Trinajstić information content (AvgIpc) is 3.09. The van der Waals surface area contributed by atoms with Crippen LogP contribution in [0, 0.1) is 5.92 Å². The van der Waals surface area contributed by atoms with Crippen molar-refractivity contribution < 1.29 is 13.2 Å². The summed E-state index contributed by atoms with van der Waals surface area (Å²) in [5.74, 6) is 0.386. The summed E-state index contributed by atoms with van der Waals surface area (Å²) in [5.41, 5.74) is 0.382. The van der Waals surface area contributed by atoms with E-state index < -0.39 is 10.0 Å². The molecular formula is C17H27N3O3S. The lowest BCUT2D eigenvalue weighted by Gasteiger charge is -2.18. The number of rotatable bonds is 8. The Morgan fingerprint density at radius 3 is 2.71 bits per heavy atom. The second-order valence-corrected chi connectivity index (χ2v) is 7.96. The largest absolute Gasteiger partial charge is 0.352 e. The SMILES string of the molecule is CCN(CC)S(=O)(=O)c1cccc(C(=O)NCCC2CCNC2)c1. The van der Waals surface area contributed by atoms with Gasteiger partial charge in [-0.25, -0.2) is 8.42 Å². The molecule has 0 spiro atoms. The molecular weight excluding hydrogens is 326 g/mol. The van der Waals surface area contributed by atoms with Crippen molar-refractivity contribution in [1.29, 1.82) is 0 Å². The molecule has 1 amide bonds. The molecule has 6 nitrogen and oxygen atoms in total. The summed E-state index contributed by atoms with van der Waals surface area (Å²) in [7, 11) is -3.55. The van der Waals surface area contributed by atoms with Crippen LogP contribution in [0.15, 0.2) is 29.2 Å². The zero-order chi connectivity index (χ0) is 17.6. The van der Waals surface area contributed by atoms with E-state index in [0.717, 1.165) is 25.9 Å². The highest BCUT2D eigenvalue weighted by Gasteiger charge is 2.22. The zero-order valence-electron chi connectivity index (χ0n) is 14.4. The highest BCUT2D eigenvalue weighted by molar-refractivity contribution is 7.89. The molecule has 1 aliphatic heterocycles. The van der Waals surface area contributed by atoms with E-state index in [0.29, 0.717) is 31.1 Å². The molecule has 2 rings (SSSR count). The van der Waals surface area contributed by atoms with Gasteiger partial charge in [0.25, 0.3) is 5.91 Å². The highest BCUT2D eigenvalue weighted by atomic mass is 32.2. The minimum Gasteiger partial charge on any atom is -0.352 e. The van der Waals surface area contributed by atoms with E-state index >= 15 is 0 Å². The van der Waals surface area contributed by atoms with E-state index in [2.05, 4.69) is 10.6 Å². The van der Waals surface area contributed by atoms with E-state index in [1.54, 1.807) is 26.0 Å². The minimum atomic E-state index is -3.55. The molecule has 1 aliphatic rings. The van der Waals surface area contributed by atoms with Crippen LogP contribution in [0.2, 0.25) is 0 Å². The molecule has 1 unspecified atom stereocenters. The van der Waals surface area contributed by atoms with Gasteiger partial charge in [0, 0.05) is 25.2 Å². The fraction of sp³-hybridized carbons (Fsp3) is 0.588. The number of carbonyl (C=O) groups excluding carboxylic acids is 1. The number of hydrogen-bond acceptors (Lipinski definition) is 4. The lowest BCUT2D eigenvalue weighted by molar-refractivity contribution is 0.0951. The van der Waals surface area contributed by atoms with E-state index in [9.17, 15) is 13.2 Å². The van der Waals surface area contributed by atoms with Crippen LogP contribution in [0.3, 0.4) is 0 Å². The molecule has 1 saturated heterocycles. The first kappa shape index (κ1) is 18.9. The Morgan fingerprint density at radius 1 is 1.33 bits per heavy atom. The maximum atomic E-state index is 12.5. The van der Waals surface area contributed by atoms with Gasteiger partial charge in [-0.1, -0.05) is 19.9 Å². The van der Waals surface area contributed by atoms with Gasteiger partial charge in [0.1, 0.15) is 0 Å². The Morgan fingerprint density at radius 2 is 2.08 bits per heavy atom. The summed E-state index contributed by atoms with van der Waals surface area (Å²) >= 11 is 0. The third-order valence-electron chi connectivity index (χ3n) is 4.44. The van der Waals surface area contributed by atoms with Gasteiger partial charge in [-0.15, -0.1) is 0 Å². The van der Waals surface area contributed by atoms with Crippen LogP contribution in [0.1, 0.15) is 37.0 Å². The topological polar surface area (TPSA) is 78.5 Å². The van der Waals surface area contributed by atoms with Crippen LogP contribution in [0.25, 0.3) is 0 Å². The molecule has 1 aromatic rings. The minimum absolute atomic E-state index is 0.166. The predicted molar refractivity (Wildman–Crippen MR) is 94.5 cm³/mol. The Bertz CT molecular complexity index is 651.